The molecule has 0 bridgehead atoms. The van der Waals surface area contributed by atoms with Crippen LogP contribution in [-0.2, 0) is 16.6 Å². The van der Waals surface area contributed by atoms with Gasteiger partial charge in [0, 0.05) is 38.4 Å². The van der Waals surface area contributed by atoms with E-state index >= 15 is 0 Å². The number of fused-ring (bicyclic) bond motifs is 1. The zero-order chi connectivity index (χ0) is 16.1. The summed E-state index contributed by atoms with van der Waals surface area (Å²) in [4.78, 5) is 10.6. The molecule has 2 N–H and O–H groups in total. The topological polar surface area (TPSA) is 110 Å². The summed E-state index contributed by atoms with van der Waals surface area (Å²) in [6, 6.07) is 0. The number of nitrogens with zero attached hydrogens (tertiary/aromatic N) is 6. The predicted molar refractivity (Wildman–Crippen MR) is 81.7 cm³/mol. The molecule has 1 aliphatic heterocycles. The van der Waals surface area contributed by atoms with Crippen LogP contribution in [0, 0.1) is 12.8 Å². The van der Waals surface area contributed by atoms with E-state index in [1.165, 1.54) is 10.6 Å². The van der Waals surface area contributed by atoms with Gasteiger partial charge in [-0.3, -0.25) is 0 Å². The Kier molecular flexibility index (Phi) is 3.54. The van der Waals surface area contributed by atoms with E-state index in [-0.39, 0.29) is 5.92 Å². The minimum atomic E-state index is -3.57. The zero-order valence-electron chi connectivity index (χ0n) is 12.8. The third-order valence-electron chi connectivity index (χ3n) is 3.90. The zero-order valence-corrected chi connectivity index (χ0v) is 13.6. The van der Waals surface area contributed by atoms with Crippen LogP contribution >= 0.6 is 0 Å². The molecule has 1 fully saturated rings. The molecule has 0 atom stereocenters. The first-order valence-corrected chi connectivity index (χ1v) is 8.42. The van der Waals surface area contributed by atoms with Crippen LogP contribution in [0.15, 0.2) is 6.33 Å². The summed E-state index contributed by atoms with van der Waals surface area (Å²) in [5, 5.41) is 9.34. The van der Waals surface area contributed by atoms with Gasteiger partial charge in [-0.1, -0.05) is 0 Å². The third-order valence-corrected chi connectivity index (χ3v) is 4.92. The van der Waals surface area contributed by atoms with Crippen LogP contribution in [0.25, 0.3) is 5.78 Å². The highest BCUT2D eigenvalue weighted by Crippen LogP contribution is 2.28. The first-order chi connectivity index (χ1) is 10.3. The molecule has 9 nitrogen and oxygen atoms in total. The molecule has 0 amide bonds. The van der Waals surface area contributed by atoms with Crippen molar-refractivity contribution in [2.45, 2.75) is 13.3 Å². The molecule has 3 heterocycles. The molecule has 0 aliphatic carbocycles. The van der Waals surface area contributed by atoms with Crippen LogP contribution < -0.4 is 10.0 Å². The molecule has 1 aliphatic rings. The Labute approximate surface area is 128 Å². The number of nitrogens with two attached hydrogens (primary N) is 1. The molecule has 1 saturated heterocycles. The van der Waals surface area contributed by atoms with Crippen LogP contribution in [-0.4, -0.2) is 59.5 Å². The van der Waals surface area contributed by atoms with Crippen LogP contribution in [0.1, 0.15) is 11.3 Å². The Morgan fingerprint density at radius 3 is 2.68 bits per heavy atom. The minimum Gasteiger partial charge on any atom is -0.362 e. The van der Waals surface area contributed by atoms with Crippen LogP contribution in [0.4, 0.5) is 5.82 Å². The van der Waals surface area contributed by atoms with Crippen molar-refractivity contribution in [3.05, 3.63) is 17.6 Å². The van der Waals surface area contributed by atoms with Crippen molar-refractivity contribution in [3.8, 4) is 0 Å². The van der Waals surface area contributed by atoms with E-state index in [1.54, 1.807) is 4.52 Å². The molecule has 0 unspecified atom stereocenters. The number of hydrogen-bond acceptors (Lipinski definition) is 6. The first-order valence-electron chi connectivity index (χ1n) is 6.91. The van der Waals surface area contributed by atoms with E-state index in [0.29, 0.717) is 18.9 Å². The SMILES string of the molecule is Cc1nc2ncnn2c(N(C)C)c1CC1CN(S(N)(=O)=O)C1. The molecule has 0 spiro atoms. The Hall–Kier alpha value is -1.78. The maximum absolute atomic E-state index is 11.3. The smallest absolute Gasteiger partial charge is 0.276 e. The highest BCUT2D eigenvalue weighted by atomic mass is 32.2. The van der Waals surface area contributed by atoms with Gasteiger partial charge in [-0.15, -0.1) is 0 Å². The lowest BCUT2D eigenvalue weighted by Gasteiger charge is -2.37. The van der Waals surface area contributed by atoms with Crippen molar-refractivity contribution in [2.75, 3.05) is 32.1 Å². The Morgan fingerprint density at radius 2 is 2.09 bits per heavy atom. The van der Waals surface area contributed by atoms with Crippen molar-refractivity contribution in [3.63, 3.8) is 0 Å². The van der Waals surface area contributed by atoms with Crippen molar-refractivity contribution in [1.29, 1.82) is 0 Å². The van der Waals surface area contributed by atoms with Crippen molar-refractivity contribution >= 4 is 21.8 Å². The third kappa shape index (κ3) is 2.53. The fourth-order valence-electron chi connectivity index (χ4n) is 2.81. The monoisotopic (exact) mass is 325 g/mol. The van der Waals surface area contributed by atoms with Gasteiger partial charge in [0.15, 0.2) is 0 Å². The van der Waals surface area contributed by atoms with E-state index in [9.17, 15) is 8.42 Å². The maximum Gasteiger partial charge on any atom is 0.276 e. The largest absolute Gasteiger partial charge is 0.362 e. The van der Waals surface area contributed by atoms with Crippen molar-refractivity contribution < 1.29 is 8.42 Å². The summed E-state index contributed by atoms with van der Waals surface area (Å²) in [6.45, 7) is 2.83. The standard InChI is InChI=1S/C12H19N7O2S/c1-8-10(4-9-5-18(6-9)22(13,20)21)11(17(2)3)19-12(16-8)14-7-15-19/h7,9H,4-6H2,1-3H3,(H2,13,20,21). The van der Waals surface area contributed by atoms with Gasteiger partial charge in [0.1, 0.15) is 12.1 Å². The number of hydrogen-bond donors (Lipinski definition) is 1. The summed E-state index contributed by atoms with van der Waals surface area (Å²) in [7, 11) is 0.309. The molecule has 0 aromatic carbocycles. The van der Waals surface area contributed by atoms with Crippen LogP contribution in [0.3, 0.4) is 0 Å². The second-order valence-electron chi connectivity index (χ2n) is 5.80. The molecule has 10 heteroatoms. The normalized spacial score (nSPS) is 16.9. The Morgan fingerprint density at radius 1 is 1.41 bits per heavy atom. The van der Waals surface area contributed by atoms with Crippen molar-refractivity contribution in [1.82, 2.24) is 23.9 Å². The lowest BCUT2D eigenvalue weighted by atomic mass is 9.93. The molecule has 0 radical (unpaired) electrons. The molecule has 22 heavy (non-hydrogen) atoms. The van der Waals surface area contributed by atoms with Gasteiger partial charge in [-0.25, -0.2) is 10.1 Å². The van der Waals surface area contributed by atoms with Gasteiger partial charge in [-0.2, -0.15) is 27.3 Å². The van der Waals surface area contributed by atoms with Gasteiger partial charge in [0.25, 0.3) is 16.0 Å². The highest BCUT2D eigenvalue weighted by molar-refractivity contribution is 7.86. The lowest BCUT2D eigenvalue weighted by Crippen LogP contribution is -2.53. The van der Waals surface area contributed by atoms with E-state index in [1.807, 2.05) is 25.9 Å². The lowest BCUT2D eigenvalue weighted by molar-refractivity contribution is 0.200. The Bertz CT molecular complexity index is 808. The van der Waals surface area contributed by atoms with Crippen LogP contribution in [0.2, 0.25) is 0 Å². The number of rotatable bonds is 4. The maximum atomic E-state index is 11.3. The quantitative estimate of drug-likeness (QED) is 0.786. The van der Waals surface area contributed by atoms with Gasteiger partial charge in [0.2, 0.25) is 0 Å². The summed E-state index contributed by atoms with van der Waals surface area (Å²) < 4.78 is 25.5. The van der Waals surface area contributed by atoms with E-state index < -0.39 is 10.2 Å². The first kappa shape index (κ1) is 15.1. The summed E-state index contributed by atoms with van der Waals surface area (Å²) in [5.74, 6) is 1.72. The summed E-state index contributed by atoms with van der Waals surface area (Å²) >= 11 is 0. The summed E-state index contributed by atoms with van der Waals surface area (Å²) in [6.07, 6.45) is 2.21. The highest BCUT2D eigenvalue weighted by Gasteiger charge is 2.34. The van der Waals surface area contributed by atoms with Gasteiger partial charge in [0.05, 0.1) is 0 Å². The molecule has 0 saturated carbocycles. The second kappa shape index (κ2) is 5.14. The minimum absolute atomic E-state index is 0.235. The van der Waals surface area contributed by atoms with Crippen LogP contribution in [0.5, 0.6) is 0 Å². The fourth-order valence-corrected chi connectivity index (χ4v) is 3.65. The fraction of sp³-hybridized carbons (Fsp3) is 0.583. The molecular formula is C12H19N7O2S. The molecule has 2 aromatic heterocycles. The van der Waals surface area contributed by atoms with Gasteiger partial charge >= 0.3 is 0 Å². The Balaban J connectivity index is 1.91. The predicted octanol–water partition coefficient (Wildman–Crippen LogP) is -0.823. The van der Waals surface area contributed by atoms with Gasteiger partial charge < -0.3 is 4.90 Å². The number of aryl methyl sites for hydroxylation is 1. The summed E-state index contributed by atoms with van der Waals surface area (Å²) in [5.41, 5.74) is 1.94. The average molecular weight is 325 g/mol. The molecular weight excluding hydrogens is 306 g/mol. The van der Waals surface area contributed by atoms with Gasteiger partial charge in [-0.05, 0) is 19.3 Å². The number of aromatic nitrogens is 4. The molecule has 2 aromatic rings. The van der Waals surface area contributed by atoms with E-state index in [4.69, 9.17) is 5.14 Å². The van der Waals surface area contributed by atoms with Crippen molar-refractivity contribution in [2.24, 2.45) is 11.1 Å². The average Bonchev–Trinajstić information content (AvgIpc) is 2.78. The molecule has 120 valence electrons. The molecule has 3 rings (SSSR count). The van der Waals surface area contributed by atoms with E-state index in [0.717, 1.165) is 23.5 Å². The van der Waals surface area contributed by atoms with E-state index in [2.05, 4.69) is 15.1 Å². The number of anilines is 1. The second-order valence-corrected chi connectivity index (χ2v) is 7.34.